The molecule has 8 heavy (non-hydrogen) atoms. The largest absolute Gasteiger partial charge is 0.400 e. The summed E-state index contributed by atoms with van der Waals surface area (Å²) in [5.74, 6) is 0. The van der Waals surface area contributed by atoms with Gasteiger partial charge < -0.3 is 11.5 Å². The number of allylic oxidation sites excluding steroid dienone is 1. The van der Waals surface area contributed by atoms with Crippen LogP contribution in [0.15, 0.2) is 11.8 Å². The molecule has 0 saturated heterocycles. The van der Waals surface area contributed by atoms with Gasteiger partial charge in [0.05, 0.1) is 0 Å². The highest BCUT2D eigenvalue weighted by Gasteiger charge is 1.83. The quantitative estimate of drug-likeness (QED) is 0.554. The molecule has 0 amide bonds. The topological polar surface area (TPSA) is 52.0 Å². The molecule has 0 atom stereocenters. The van der Waals surface area contributed by atoms with Crippen molar-refractivity contribution >= 4 is 0 Å². The zero-order valence-corrected chi connectivity index (χ0v) is 4.73. The zero-order valence-electron chi connectivity index (χ0n) is 4.73. The summed E-state index contributed by atoms with van der Waals surface area (Å²) < 4.78 is 11.5. The molecule has 0 aromatic carbocycles. The van der Waals surface area contributed by atoms with Crippen molar-refractivity contribution in [2.45, 2.75) is 6.42 Å². The summed E-state index contributed by atoms with van der Waals surface area (Å²) in [4.78, 5) is 0. The van der Waals surface area contributed by atoms with Crippen LogP contribution < -0.4 is 11.5 Å². The maximum Gasteiger partial charge on any atom is 0.128 e. The van der Waals surface area contributed by atoms with Crippen LogP contribution in [0.4, 0.5) is 4.39 Å². The molecule has 0 heterocycles. The maximum atomic E-state index is 11.5. The van der Waals surface area contributed by atoms with Crippen LogP contribution in [0.3, 0.4) is 0 Å². The minimum Gasteiger partial charge on any atom is -0.400 e. The molecule has 0 aromatic heterocycles. The van der Waals surface area contributed by atoms with Crippen molar-refractivity contribution in [2.75, 3.05) is 13.2 Å². The number of halogens is 1. The van der Waals surface area contributed by atoms with Crippen LogP contribution in [0, 0.1) is 0 Å². The fourth-order valence-electron chi connectivity index (χ4n) is 0.323. The van der Waals surface area contributed by atoms with Gasteiger partial charge in [0.25, 0.3) is 0 Å². The van der Waals surface area contributed by atoms with E-state index in [1.165, 1.54) is 0 Å². The number of nitrogens with two attached hydrogens (primary N) is 2. The summed E-state index contributed by atoms with van der Waals surface area (Å²) in [5, 5.41) is 0. The molecule has 0 aromatic rings. The fraction of sp³-hybridized carbons (Fsp3) is 0.600. The molecule has 4 N–H and O–H groups in total. The Balaban J connectivity index is 3.26. The predicted octanol–water partition coefficient (Wildman–Crippen LogP) is 0.147. The molecule has 0 fully saturated rings. The summed E-state index contributed by atoms with van der Waals surface area (Å²) in [6.45, 7) is -0.0410. The molecule has 0 aliphatic carbocycles. The first-order valence-electron chi connectivity index (χ1n) is 2.51. The van der Waals surface area contributed by atoms with Crippen molar-refractivity contribution in [1.29, 1.82) is 0 Å². The van der Waals surface area contributed by atoms with Gasteiger partial charge in [-0.15, -0.1) is 0 Å². The van der Waals surface area contributed by atoms with E-state index in [-0.39, 0.29) is 5.70 Å². The van der Waals surface area contributed by atoms with E-state index in [4.69, 9.17) is 11.5 Å². The van der Waals surface area contributed by atoms with Crippen molar-refractivity contribution < 1.29 is 4.39 Å². The molecule has 0 aliphatic heterocycles. The normalized spacial score (nSPS) is 12.0. The van der Waals surface area contributed by atoms with E-state index in [1.54, 1.807) is 6.08 Å². The second kappa shape index (κ2) is 4.59. The summed E-state index contributed by atoms with van der Waals surface area (Å²) in [7, 11) is 0. The van der Waals surface area contributed by atoms with E-state index in [2.05, 4.69) is 0 Å². The molecule has 0 radical (unpaired) electrons. The van der Waals surface area contributed by atoms with Crippen LogP contribution in [-0.4, -0.2) is 13.2 Å². The highest BCUT2D eigenvalue weighted by molar-refractivity contribution is 4.95. The Morgan fingerprint density at radius 1 is 1.62 bits per heavy atom. The highest BCUT2D eigenvalue weighted by atomic mass is 19.1. The smallest absolute Gasteiger partial charge is 0.128 e. The number of rotatable bonds is 3. The van der Waals surface area contributed by atoms with E-state index < -0.39 is 6.67 Å². The van der Waals surface area contributed by atoms with Crippen molar-refractivity contribution in [3.05, 3.63) is 11.8 Å². The van der Waals surface area contributed by atoms with E-state index in [1.807, 2.05) is 0 Å². The molecule has 48 valence electrons. The Hall–Kier alpha value is -0.570. The van der Waals surface area contributed by atoms with Gasteiger partial charge in [-0.05, 0) is 13.0 Å². The molecule has 0 spiro atoms. The maximum absolute atomic E-state index is 11.5. The van der Waals surface area contributed by atoms with Crippen LogP contribution >= 0.6 is 0 Å². The third-order valence-corrected chi connectivity index (χ3v) is 0.727. The van der Waals surface area contributed by atoms with Crippen LogP contribution in [0.2, 0.25) is 0 Å². The standard InChI is InChI=1S/C5H11FN2/c6-4-5(8)2-1-3-7/h2H,1,3-4,7-8H2/b5-2+. The van der Waals surface area contributed by atoms with Crippen LogP contribution in [0.1, 0.15) is 6.42 Å². The third kappa shape index (κ3) is 3.61. The van der Waals surface area contributed by atoms with Crippen molar-refractivity contribution in [3.8, 4) is 0 Å². The number of hydrogen-bond acceptors (Lipinski definition) is 2. The lowest BCUT2D eigenvalue weighted by molar-refractivity contribution is 0.538. The molecule has 0 unspecified atom stereocenters. The van der Waals surface area contributed by atoms with Gasteiger partial charge in [0.1, 0.15) is 6.67 Å². The van der Waals surface area contributed by atoms with Gasteiger partial charge in [-0.3, -0.25) is 0 Å². The Bertz CT molecular complexity index is 80.5. The Kier molecular flexibility index (Phi) is 4.26. The van der Waals surface area contributed by atoms with E-state index >= 15 is 0 Å². The van der Waals surface area contributed by atoms with Crippen LogP contribution in [0.5, 0.6) is 0 Å². The van der Waals surface area contributed by atoms with Crippen molar-refractivity contribution in [2.24, 2.45) is 11.5 Å². The first kappa shape index (κ1) is 7.43. The lowest BCUT2D eigenvalue weighted by Gasteiger charge is -1.89. The number of hydrogen-bond donors (Lipinski definition) is 2. The summed E-state index contributed by atoms with van der Waals surface area (Å²) in [6, 6.07) is 0. The fourth-order valence-corrected chi connectivity index (χ4v) is 0.323. The Labute approximate surface area is 48.4 Å². The summed E-state index contributed by atoms with van der Waals surface area (Å²) >= 11 is 0. The summed E-state index contributed by atoms with van der Waals surface area (Å²) in [5.41, 5.74) is 10.5. The molecular weight excluding hydrogens is 107 g/mol. The van der Waals surface area contributed by atoms with Gasteiger partial charge in [0.2, 0.25) is 0 Å². The number of alkyl halides is 1. The minimum atomic E-state index is -0.569. The average molecular weight is 118 g/mol. The van der Waals surface area contributed by atoms with Gasteiger partial charge >= 0.3 is 0 Å². The molecule has 0 aliphatic rings. The van der Waals surface area contributed by atoms with E-state index in [0.717, 1.165) is 0 Å². The zero-order chi connectivity index (χ0) is 6.41. The second-order valence-electron chi connectivity index (χ2n) is 1.49. The van der Waals surface area contributed by atoms with Gasteiger partial charge in [-0.1, -0.05) is 6.08 Å². The average Bonchev–Trinajstić information content (AvgIpc) is 1.83. The molecule has 2 nitrogen and oxygen atoms in total. The lowest BCUT2D eigenvalue weighted by Crippen LogP contribution is -2.02. The lowest BCUT2D eigenvalue weighted by atomic mass is 10.3. The van der Waals surface area contributed by atoms with Crippen molar-refractivity contribution in [3.63, 3.8) is 0 Å². The molecule has 0 saturated carbocycles. The first-order valence-corrected chi connectivity index (χ1v) is 2.51. The molecule has 0 bridgehead atoms. The van der Waals surface area contributed by atoms with Gasteiger partial charge in [0, 0.05) is 5.70 Å². The molecular formula is C5H11FN2. The van der Waals surface area contributed by atoms with Gasteiger partial charge in [0.15, 0.2) is 0 Å². The first-order chi connectivity index (χ1) is 3.81. The Morgan fingerprint density at radius 2 is 2.25 bits per heavy atom. The summed E-state index contributed by atoms with van der Waals surface area (Å²) in [6.07, 6.45) is 2.26. The molecule has 0 rings (SSSR count). The van der Waals surface area contributed by atoms with E-state index in [0.29, 0.717) is 13.0 Å². The molecule has 3 heteroatoms. The van der Waals surface area contributed by atoms with Crippen LogP contribution in [0.25, 0.3) is 0 Å². The van der Waals surface area contributed by atoms with Gasteiger partial charge in [-0.25, -0.2) is 4.39 Å². The minimum absolute atomic E-state index is 0.274. The van der Waals surface area contributed by atoms with Crippen molar-refractivity contribution in [1.82, 2.24) is 0 Å². The second-order valence-corrected chi connectivity index (χ2v) is 1.49. The SMILES string of the molecule is NCC/C=C(/N)CF. The highest BCUT2D eigenvalue weighted by Crippen LogP contribution is 1.86. The Morgan fingerprint density at radius 3 is 2.62 bits per heavy atom. The van der Waals surface area contributed by atoms with E-state index in [9.17, 15) is 4.39 Å². The monoisotopic (exact) mass is 118 g/mol. The predicted molar refractivity (Wildman–Crippen MR) is 31.9 cm³/mol. The van der Waals surface area contributed by atoms with Gasteiger partial charge in [-0.2, -0.15) is 0 Å². The third-order valence-electron chi connectivity index (χ3n) is 0.727. The van der Waals surface area contributed by atoms with Crippen LogP contribution in [-0.2, 0) is 0 Å².